The third kappa shape index (κ3) is 4.69. The molecule has 0 radical (unpaired) electrons. The Bertz CT molecular complexity index is 719. The summed E-state index contributed by atoms with van der Waals surface area (Å²) in [5.74, 6) is 1.31. The van der Waals surface area contributed by atoms with Crippen LogP contribution in [0.5, 0.6) is 5.75 Å². The number of methoxy groups -OCH3 is 1. The first-order valence-electron chi connectivity index (χ1n) is 8.74. The molecule has 0 aliphatic carbocycles. The molecule has 0 saturated carbocycles. The Morgan fingerprint density at radius 3 is 2.42 bits per heavy atom. The van der Waals surface area contributed by atoms with E-state index in [1.165, 1.54) is 0 Å². The standard InChI is InChI=1S/C18H26N2O4S.ClH/c1-13(15-9-19-10-15)18(21)20(16-7-8-25(22,23)12-16)11-14-3-5-17(24-2)6-4-14;/h3-6,13,15-16,19H,7-12H2,1-2H3;1H. The molecule has 2 aliphatic rings. The van der Waals surface area contributed by atoms with Crippen molar-refractivity contribution in [3.8, 4) is 5.75 Å². The van der Waals surface area contributed by atoms with Gasteiger partial charge in [-0.25, -0.2) is 8.42 Å². The number of carbonyl (C=O) groups is 1. The lowest BCUT2D eigenvalue weighted by Gasteiger charge is -2.37. The van der Waals surface area contributed by atoms with Crippen LogP contribution in [0.4, 0.5) is 0 Å². The van der Waals surface area contributed by atoms with E-state index < -0.39 is 9.84 Å². The van der Waals surface area contributed by atoms with Gasteiger partial charge < -0.3 is 15.0 Å². The van der Waals surface area contributed by atoms with Gasteiger partial charge in [-0.1, -0.05) is 19.1 Å². The molecular weight excluding hydrogens is 376 g/mol. The maximum Gasteiger partial charge on any atom is 0.226 e. The Morgan fingerprint density at radius 2 is 1.96 bits per heavy atom. The number of ether oxygens (including phenoxy) is 1. The van der Waals surface area contributed by atoms with E-state index in [0.717, 1.165) is 24.4 Å². The number of benzene rings is 1. The maximum absolute atomic E-state index is 13.1. The zero-order valence-corrected chi connectivity index (χ0v) is 16.8. The van der Waals surface area contributed by atoms with Crippen molar-refractivity contribution in [2.24, 2.45) is 11.8 Å². The van der Waals surface area contributed by atoms with E-state index in [1.54, 1.807) is 12.0 Å². The van der Waals surface area contributed by atoms with Gasteiger partial charge in [0.15, 0.2) is 9.84 Å². The summed E-state index contributed by atoms with van der Waals surface area (Å²) in [6.07, 6.45) is 0.528. The van der Waals surface area contributed by atoms with Gasteiger partial charge in [0.1, 0.15) is 5.75 Å². The van der Waals surface area contributed by atoms with Crippen molar-refractivity contribution in [2.45, 2.75) is 25.9 Å². The summed E-state index contributed by atoms with van der Waals surface area (Å²) in [6.45, 7) is 4.10. The molecule has 26 heavy (non-hydrogen) atoms. The molecule has 3 rings (SSSR count). The number of nitrogens with zero attached hydrogens (tertiary/aromatic N) is 1. The number of rotatable bonds is 6. The van der Waals surface area contributed by atoms with E-state index >= 15 is 0 Å². The number of carbonyl (C=O) groups excluding carboxylic acids is 1. The van der Waals surface area contributed by atoms with Gasteiger partial charge in [-0.15, -0.1) is 12.4 Å². The Kier molecular flexibility index (Phi) is 6.93. The molecule has 2 unspecified atom stereocenters. The fourth-order valence-electron chi connectivity index (χ4n) is 3.46. The highest BCUT2D eigenvalue weighted by atomic mass is 35.5. The van der Waals surface area contributed by atoms with Crippen LogP contribution < -0.4 is 10.1 Å². The van der Waals surface area contributed by atoms with Gasteiger partial charge in [0, 0.05) is 18.5 Å². The van der Waals surface area contributed by atoms with Crippen molar-refractivity contribution >= 4 is 28.2 Å². The Morgan fingerprint density at radius 1 is 1.31 bits per heavy atom. The summed E-state index contributed by atoms with van der Waals surface area (Å²) in [4.78, 5) is 14.9. The van der Waals surface area contributed by atoms with E-state index in [1.807, 2.05) is 31.2 Å². The van der Waals surface area contributed by atoms with E-state index in [9.17, 15) is 13.2 Å². The first kappa shape index (κ1) is 21.0. The fraction of sp³-hybridized carbons (Fsp3) is 0.611. The van der Waals surface area contributed by atoms with Crippen molar-refractivity contribution in [3.05, 3.63) is 29.8 Å². The van der Waals surface area contributed by atoms with E-state index in [2.05, 4.69) is 5.32 Å². The number of amides is 1. The molecule has 8 heteroatoms. The molecule has 6 nitrogen and oxygen atoms in total. The minimum atomic E-state index is -3.04. The lowest BCUT2D eigenvalue weighted by Crippen LogP contribution is -2.52. The topological polar surface area (TPSA) is 75.7 Å². The lowest BCUT2D eigenvalue weighted by molar-refractivity contribution is -0.140. The summed E-state index contributed by atoms with van der Waals surface area (Å²) in [7, 11) is -1.43. The highest BCUT2D eigenvalue weighted by Gasteiger charge is 2.38. The van der Waals surface area contributed by atoms with Crippen LogP contribution in [0.1, 0.15) is 18.9 Å². The van der Waals surface area contributed by atoms with Crippen molar-refractivity contribution in [1.82, 2.24) is 10.2 Å². The summed E-state index contributed by atoms with van der Waals surface area (Å²) in [5.41, 5.74) is 0.984. The fourth-order valence-corrected chi connectivity index (χ4v) is 5.19. The molecule has 2 heterocycles. The number of hydrogen-bond donors (Lipinski definition) is 1. The number of sulfone groups is 1. The van der Waals surface area contributed by atoms with Gasteiger partial charge >= 0.3 is 0 Å². The van der Waals surface area contributed by atoms with Crippen LogP contribution in [0.25, 0.3) is 0 Å². The molecule has 0 spiro atoms. The quantitative estimate of drug-likeness (QED) is 0.780. The summed E-state index contributed by atoms with van der Waals surface area (Å²) in [6, 6.07) is 7.36. The van der Waals surface area contributed by atoms with Gasteiger partial charge in [-0.3, -0.25) is 4.79 Å². The average molecular weight is 403 g/mol. The van der Waals surface area contributed by atoms with Crippen molar-refractivity contribution in [3.63, 3.8) is 0 Å². The highest BCUT2D eigenvalue weighted by molar-refractivity contribution is 7.91. The highest BCUT2D eigenvalue weighted by Crippen LogP contribution is 2.26. The van der Waals surface area contributed by atoms with Crippen LogP contribution in [0, 0.1) is 11.8 Å². The second-order valence-corrected chi connectivity index (χ2v) is 9.31. The van der Waals surface area contributed by atoms with Gasteiger partial charge in [0.25, 0.3) is 0 Å². The normalized spacial score (nSPS) is 22.8. The zero-order chi connectivity index (χ0) is 18.0. The Balaban J connectivity index is 0.00000243. The molecule has 1 amide bonds. The molecule has 1 N–H and O–H groups in total. The van der Waals surface area contributed by atoms with Gasteiger partial charge in [0.05, 0.1) is 18.6 Å². The average Bonchev–Trinajstić information content (AvgIpc) is 2.90. The first-order valence-corrected chi connectivity index (χ1v) is 10.6. The smallest absolute Gasteiger partial charge is 0.226 e. The van der Waals surface area contributed by atoms with Gasteiger partial charge in [0.2, 0.25) is 5.91 Å². The number of halogens is 1. The second-order valence-electron chi connectivity index (χ2n) is 7.08. The maximum atomic E-state index is 13.1. The second kappa shape index (κ2) is 8.59. The number of hydrogen-bond acceptors (Lipinski definition) is 5. The Hall–Kier alpha value is -1.31. The molecule has 1 aromatic rings. The number of nitrogens with one attached hydrogen (secondary N) is 1. The molecule has 2 fully saturated rings. The minimum absolute atomic E-state index is 0. The largest absolute Gasteiger partial charge is 0.497 e. The molecule has 0 aromatic heterocycles. The van der Waals surface area contributed by atoms with Crippen molar-refractivity contribution in [1.29, 1.82) is 0 Å². The van der Waals surface area contributed by atoms with Crippen molar-refractivity contribution in [2.75, 3.05) is 31.7 Å². The summed E-state index contributed by atoms with van der Waals surface area (Å²) >= 11 is 0. The zero-order valence-electron chi connectivity index (χ0n) is 15.2. The van der Waals surface area contributed by atoms with Crippen LogP contribution in [0.15, 0.2) is 24.3 Å². The van der Waals surface area contributed by atoms with Crippen LogP contribution in [0.3, 0.4) is 0 Å². The van der Waals surface area contributed by atoms with Crippen LogP contribution in [-0.4, -0.2) is 57.0 Å². The summed E-state index contributed by atoms with van der Waals surface area (Å²) < 4.78 is 29.0. The SMILES string of the molecule is COc1ccc(CN(C(=O)C(C)C2CNC2)C2CCS(=O)(=O)C2)cc1.Cl. The molecular formula is C18H27ClN2O4S. The predicted molar refractivity (Wildman–Crippen MR) is 103 cm³/mol. The van der Waals surface area contributed by atoms with E-state index in [-0.39, 0.29) is 41.8 Å². The molecule has 2 saturated heterocycles. The third-order valence-corrected chi connectivity index (χ3v) is 7.10. The van der Waals surface area contributed by atoms with Gasteiger partial charge in [-0.05, 0) is 43.1 Å². The molecule has 0 bridgehead atoms. The third-order valence-electron chi connectivity index (χ3n) is 5.35. The minimum Gasteiger partial charge on any atom is -0.497 e. The summed E-state index contributed by atoms with van der Waals surface area (Å²) in [5, 5.41) is 3.20. The van der Waals surface area contributed by atoms with E-state index in [0.29, 0.717) is 18.9 Å². The lowest BCUT2D eigenvalue weighted by atomic mass is 9.87. The van der Waals surface area contributed by atoms with Gasteiger partial charge in [-0.2, -0.15) is 0 Å². The monoisotopic (exact) mass is 402 g/mol. The Labute approximate surface area is 161 Å². The molecule has 1 aromatic carbocycles. The van der Waals surface area contributed by atoms with E-state index in [4.69, 9.17) is 4.74 Å². The molecule has 2 aliphatic heterocycles. The predicted octanol–water partition coefficient (Wildman–Crippen LogP) is 1.49. The molecule has 2 atom stereocenters. The van der Waals surface area contributed by atoms with Crippen LogP contribution in [-0.2, 0) is 21.2 Å². The molecule has 146 valence electrons. The van der Waals surface area contributed by atoms with Crippen molar-refractivity contribution < 1.29 is 17.9 Å². The van der Waals surface area contributed by atoms with Crippen LogP contribution >= 0.6 is 12.4 Å². The van der Waals surface area contributed by atoms with Crippen LogP contribution in [0.2, 0.25) is 0 Å². The first-order chi connectivity index (χ1) is 11.9.